The summed E-state index contributed by atoms with van der Waals surface area (Å²) in [6, 6.07) is 15.8. The molecule has 4 aromatic rings. The SMILES string of the molecule is NC1=NC2(CCCCC2)N(c2cccc(-c3ccc4nnc(-c5ccncc5)n4n3)c2)C(N)=N1. The minimum atomic E-state index is -0.493. The van der Waals surface area contributed by atoms with E-state index in [1.54, 1.807) is 16.9 Å². The van der Waals surface area contributed by atoms with Gasteiger partial charge in [-0.2, -0.15) is 14.6 Å². The van der Waals surface area contributed by atoms with Gasteiger partial charge in [0.05, 0.1) is 5.69 Å². The van der Waals surface area contributed by atoms with Crippen LogP contribution in [0, 0.1) is 0 Å². The number of pyridine rings is 1. The molecule has 0 saturated heterocycles. The molecule has 170 valence electrons. The number of rotatable bonds is 3. The number of hydrogen-bond acceptors (Lipinski definition) is 9. The topological polar surface area (TPSA) is 136 Å². The van der Waals surface area contributed by atoms with Gasteiger partial charge in [-0.1, -0.05) is 18.6 Å². The number of nitrogens with two attached hydrogens (primary N) is 2. The summed E-state index contributed by atoms with van der Waals surface area (Å²) in [7, 11) is 0. The third-order valence-corrected chi connectivity index (χ3v) is 6.45. The zero-order chi connectivity index (χ0) is 23.1. The average molecular weight is 453 g/mol. The van der Waals surface area contributed by atoms with E-state index in [9.17, 15) is 0 Å². The number of aromatic nitrogens is 5. The van der Waals surface area contributed by atoms with E-state index in [4.69, 9.17) is 21.6 Å². The van der Waals surface area contributed by atoms with Gasteiger partial charge >= 0.3 is 0 Å². The molecule has 6 rings (SSSR count). The van der Waals surface area contributed by atoms with Gasteiger partial charge in [-0.05, 0) is 62.1 Å². The molecule has 1 saturated carbocycles. The highest BCUT2D eigenvalue weighted by Gasteiger charge is 2.42. The van der Waals surface area contributed by atoms with Crippen LogP contribution in [-0.4, -0.2) is 42.4 Å². The van der Waals surface area contributed by atoms with Crippen molar-refractivity contribution in [2.75, 3.05) is 4.90 Å². The molecule has 0 radical (unpaired) electrons. The summed E-state index contributed by atoms with van der Waals surface area (Å²) in [4.78, 5) is 15.2. The fourth-order valence-corrected chi connectivity index (χ4v) is 4.92. The van der Waals surface area contributed by atoms with Crippen molar-refractivity contribution in [1.29, 1.82) is 0 Å². The minimum absolute atomic E-state index is 0.246. The lowest BCUT2D eigenvalue weighted by Gasteiger charge is -2.45. The van der Waals surface area contributed by atoms with Crippen molar-refractivity contribution in [3.63, 3.8) is 0 Å². The molecule has 10 nitrogen and oxygen atoms in total. The number of benzene rings is 1. The highest BCUT2D eigenvalue weighted by Crippen LogP contribution is 2.40. The minimum Gasteiger partial charge on any atom is -0.369 e. The first kappa shape index (κ1) is 20.3. The molecule has 1 aliphatic heterocycles. The van der Waals surface area contributed by atoms with Gasteiger partial charge in [0.15, 0.2) is 11.5 Å². The normalized spacial score (nSPS) is 17.6. The van der Waals surface area contributed by atoms with E-state index in [1.165, 1.54) is 6.42 Å². The number of fused-ring (bicyclic) bond motifs is 1. The molecule has 4 heterocycles. The Labute approximate surface area is 196 Å². The van der Waals surface area contributed by atoms with E-state index < -0.39 is 5.66 Å². The summed E-state index contributed by atoms with van der Waals surface area (Å²) in [5.74, 6) is 1.28. The molecule has 1 fully saturated rings. The predicted octanol–water partition coefficient (Wildman–Crippen LogP) is 2.96. The Morgan fingerprint density at radius 2 is 1.68 bits per heavy atom. The van der Waals surface area contributed by atoms with Crippen LogP contribution in [0.5, 0.6) is 0 Å². The summed E-state index contributed by atoms with van der Waals surface area (Å²) in [5, 5.41) is 13.4. The fraction of sp³-hybridized carbons (Fsp3) is 0.250. The van der Waals surface area contributed by atoms with E-state index in [1.807, 2.05) is 47.4 Å². The van der Waals surface area contributed by atoms with Crippen LogP contribution < -0.4 is 16.4 Å². The highest BCUT2D eigenvalue weighted by molar-refractivity contribution is 6.05. The second-order valence-electron chi connectivity index (χ2n) is 8.62. The van der Waals surface area contributed by atoms with Crippen LogP contribution in [0.2, 0.25) is 0 Å². The Kier molecular flexibility index (Phi) is 4.72. The van der Waals surface area contributed by atoms with Crippen LogP contribution in [0.3, 0.4) is 0 Å². The van der Waals surface area contributed by atoms with Crippen molar-refractivity contribution in [2.24, 2.45) is 21.5 Å². The molecule has 3 aromatic heterocycles. The summed E-state index contributed by atoms with van der Waals surface area (Å²) in [6.07, 6.45) is 8.55. The largest absolute Gasteiger partial charge is 0.369 e. The molecule has 0 bridgehead atoms. The third-order valence-electron chi connectivity index (χ3n) is 6.45. The molecule has 1 aliphatic carbocycles. The molecular formula is C24H24N10. The lowest BCUT2D eigenvalue weighted by Crippen LogP contribution is -2.58. The highest BCUT2D eigenvalue weighted by atomic mass is 15.4. The van der Waals surface area contributed by atoms with Gasteiger partial charge in [-0.3, -0.25) is 9.88 Å². The Balaban J connectivity index is 1.43. The van der Waals surface area contributed by atoms with Crippen LogP contribution in [-0.2, 0) is 0 Å². The van der Waals surface area contributed by atoms with Crippen molar-refractivity contribution >= 4 is 23.3 Å². The molecule has 0 atom stereocenters. The molecule has 1 aromatic carbocycles. The number of guanidine groups is 2. The predicted molar refractivity (Wildman–Crippen MR) is 131 cm³/mol. The van der Waals surface area contributed by atoms with Crippen LogP contribution >= 0.6 is 0 Å². The maximum atomic E-state index is 6.41. The first-order valence-electron chi connectivity index (χ1n) is 11.4. The molecular weight excluding hydrogens is 428 g/mol. The second-order valence-corrected chi connectivity index (χ2v) is 8.62. The molecule has 34 heavy (non-hydrogen) atoms. The van der Waals surface area contributed by atoms with Crippen molar-refractivity contribution in [1.82, 2.24) is 24.8 Å². The van der Waals surface area contributed by atoms with Gasteiger partial charge in [-0.15, -0.1) is 10.2 Å². The number of hydrogen-bond donors (Lipinski definition) is 2. The first-order chi connectivity index (χ1) is 16.6. The smallest absolute Gasteiger partial charge is 0.220 e. The van der Waals surface area contributed by atoms with Gasteiger partial charge in [0.25, 0.3) is 0 Å². The Morgan fingerprint density at radius 1 is 0.853 bits per heavy atom. The standard InChI is InChI=1S/C24H24N10/c25-22-28-23(26)33(24(29-22)11-2-1-3-12-24)18-6-4-5-17(15-18)19-7-8-20-30-31-21(34(20)32-19)16-9-13-27-14-10-16/h4-10,13-15H,1-3,11-12H2,(H4,25,26,28,29). The zero-order valence-corrected chi connectivity index (χ0v) is 18.5. The van der Waals surface area contributed by atoms with Crippen LogP contribution in [0.15, 0.2) is 70.9 Å². The van der Waals surface area contributed by atoms with Gasteiger partial charge in [0.1, 0.15) is 5.66 Å². The van der Waals surface area contributed by atoms with Crippen LogP contribution in [0.25, 0.3) is 28.3 Å². The van der Waals surface area contributed by atoms with Gasteiger partial charge in [-0.25, -0.2) is 4.99 Å². The first-order valence-corrected chi connectivity index (χ1v) is 11.4. The second kappa shape index (κ2) is 7.91. The third kappa shape index (κ3) is 3.35. The van der Waals surface area contributed by atoms with Gasteiger partial charge in [0, 0.05) is 29.2 Å². The fourth-order valence-electron chi connectivity index (χ4n) is 4.92. The molecule has 1 spiro atoms. The summed E-state index contributed by atoms with van der Waals surface area (Å²) in [6.45, 7) is 0. The molecule has 4 N–H and O–H groups in total. The molecule has 2 aliphatic rings. The van der Waals surface area contributed by atoms with Gasteiger partial charge < -0.3 is 11.5 Å². The maximum absolute atomic E-state index is 6.41. The maximum Gasteiger partial charge on any atom is 0.220 e. The average Bonchev–Trinajstić information content (AvgIpc) is 3.28. The Morgan fingerprint density at radius 3 is 2.50 bits per heavy atom. The Hall–Kier alpha value is -4.34. The summed E-state index contributed by atoms with van der Waals surface area (Å²) >= 11 is 0. The van der Waals surface area contributed by atoms with Crippen molar-refractivity contribution in [3.05, 3.63) is 60.9 Å². The quantitative estimate of drug-likeness (QED) is 0.488. The lowest BCUT2D eigenvalue weighted by atomic mass is 9.87. The summed E-state index contributed by atoms with van der Waals surface area (Å²) < 4.78 is 1.75. The van der Waals surface area contributed by atoms with E-state index in [-0.39, 0.29) is 5.96 Å². The number of nitrogens with zero attached hydrogens (tertiary/aromatic N) is 8. The summed E-state index contributed by atoms with van der Waals surface area (Å²) in [5.41, 5.74) is 16.2. The van der Waals surface area contributed by atoms with E-state index in [0.717, 1.165) is 48.2 Å². The lowest BCUT2D eigenvalue weighted by molar-refractivity contribution is 0.305. The van der Waals surface area contributed by atoms with E-state index >= 15 is 0 Å². The monoisotopic (exact) mass is 452 g/mol. The van der Waals surface area contributed by atoms with Crippen LogP contribution in [0.1, 0.15) is 32.1 Å². The van der Waals surface area contributed by atoms with E-state index in [2.05, 4.69) is 26.2 Å². The molecule has 0 amide bonds. The molecule has 0 unspecified atom stereocenters. The van der Waals surface area contributed by atoms with Crippen molar-refractivity contribution in [3.8, 4) is 22.6 Å². The van der Waals surface area contributed by atoms with Crippen molar-refractivity contribution in [2.45, 2.75) is 37.8 Å². The molecule has 10 heteroatoms. The van der Waals surface area contributed by atoms with Crippen molar-refractivity contribution < 1.29 is 0 Å². The number of anilines is 1. The Bertz CT molecular complexity index is 1420. The van der Waals surface area contributed by atoms with E-state index in [0.29, 0.717) is 17.4 Å². The van der Waals surface area contributed by atoms with Gasteiger partial charge in [0.2, 0.25) is 11.9 Å². The number of aliphatic imine (C=N–C) groups is 2. The zero-order valence-electron chi connectivity index (χ0n) is 18.5. The van der Waals surface area contributed by atoms with Crippen LogP contribution in [0.4, 0.5) is 5.69 Å².